The lowest BCUT2D eigenvalue weighted by molar-refractivity contribution is -0.164. The van der Waals surface area contributed by atoms with Gasteiger partial charge in [0.05, 0.1) is 0 Å². The van der Waals surface area contributed by atoms with Crippen molar-refractivity contribution in [3.8, 4) is 0 Å². The highest BCUT2D eigenvalue weighted by molar-refractivity contribution is 6.35. The van der Waals surface area contributed by atoms with E-state index in [-0.39, 0.29) is 32.0 Å². The van der Waals surface area contributed by atoms with E-state index in [0.29, 0.717) is 13.0 Å². The fourth-order valence-corrected chi connectivity index (χ4v) is 3.80. The predicted molar refractivity (Wildman–Crippen MR) is 129 cm³/mol. The Kier molecular flexibility index (Phi) is 8.63. The third-order valence-corrected chi connectivity index (χ3v) is 5.40. The second-order valence-corrected chi connectivity index (χ2v) is 9.40. The van der Waals surface area contributed by atoms with E-state index in [4.69, 9.17) is 9.47 Å². The largest absolute Gasteiger partial charge is 0.459 e. The van der Waals surface area contributed by atoms with Gasteiger partial charge in [0.2, 0.25) is 0 Å². The van der Waals surface area contributed by atoms with Crippen molar-refractivity contribution < 1.29 is 28.7 Å². The molecule has 0 N–H and O–H groups in total. The molecule has 1 saturated heterocycles. The average Bonchev–Trinajstić information content (AvgIpc) is 2.82. The van der Waals surface area contributed by atoms with Crippen molar-refractivity contribution in [2.75, 3.05) is 26.2 Å². The summed E-state index contributed by atoms with van der Waals surface area (Å²) >= 11 is 0. The van der Waals surface area contributed by atoms with Gasteiger partial charge < -0.3 is 19.3 Å². The average molecular weight is 481 g/mol. The van der Waals surface area contributed by atoms with Crippen LogP contribution in [0.3, 0.4) is 0 Å². The van der Waals surface area contributed by atoms with Crippen LogP contribution in [-0.4, -0.2) is 65.3 Å². The van der Waals surface area contributed by atoms with E-state index in [0.717, 1.165) is 11.1 Å². The highest BCUT2D eigenvalue weighted by Gasteiger charge is 2.34. The van der Waals surface area contributed by atoms with Crippen molar-refractivity contribution in [2.24, 2.45) is 0 Å². The molecule has 0 aromatic heterocycles. The zero-order valence-electron chi connectivity index (χ0n) is 20.4. The second-order valence-electron chi connectivity index (χ2n) is 9.40. The van der Waals surface area contributed by atoms with Crippen LogP contribution in [0.5, 0.6) is 0 Å². The fourth-order valence-electron chi connectivity index (χ4n) is 3.80. The SMILES string of the molecule is CC(C)(C)OC(=O)CN1CCN(CCCC(=O)OC(c2ccccc2)c2ccccc2)C(=O)C1=O. The summed E-state index contributed by atoms with van der Waals surface area (Å²) in [5.74, 6) is -2.36. The summed E-state index contributed by atoms with van der Waals surface area (Å²) in [5, 5.41) is 0. The molecule has 1 fully saturated rings. The van der Waals surface area contributed by atoms with Gasteiger partial charge in [-0.25, -0.2) is 0 Å². The number of hydrogen-bond acceptors (Lipinski definition) is 6. The molecule has 3 rings (SSSR count). The van der Waals surface area contributed by atoms with E-state index in [1.165, 1.54) is 9.80 Å². The van der Waals surface area contributed by atoms with Crippen molar-refractivity contribution in [1.82, 2.24) is 9.80 Å². The maximum Gasteiger partial charge on any atom is 0.326 e. The van der Waals surface area contributed by atoms with E-state index in [2.05, 4.69) is 0 Å². The fraction of sp³-hybridized carbons (Fsp3) is 0.407. The van der Waals surface area contributed by atoms with E-state index in [1.807, 2.05) is 60.7 Å². The minimum atomic E-state index is -0.738. The first-order valence-electron chi connectivity index (χ1n) is 11.7. The van der Waals surface area contributed by atoms with Gasteiger partial charge in [0.15, 0.2) is 6.10 Å². The number of rotatable bonds is 9. The summed E-state index contributed by atoms with van der Waals surface area (Å²) in [6.45, 7) is 5.73. The van der Waals surface area contributed by atoms with E-state index in [9.17, 15) is 19.2 Å². The Morgan fingerprint density at radius 3 is 1.89 bits per heavy atom. The maximum atomic E-state index is 12.6. The summed E-state index contributed by atoms with van der Waals surface area (Å²) in [7, 11) is 0. The maximum absolute atomic E-state index is 12.6. The number of esters is 2. The number of piperazine rings is 1. The Hall–Kier alpha value is -3.68. The summed E-state index contributed by atoms with van der Waals surface area (Å²) in [6.07, 6.45) is -0.0554. The molecule has 0 unspecified atom stereocenters. The summed E-state index contributed by atoms with van der Waals surface area (Å²) < 4.78 is 11.0. The standard InChI is InChI=1S/C27H32N2O6/c1-27(2,3)35-23(31)19-29-18-17-28(25(32)26(29)33)16-10-15-22(30)34-24(20-11-6-4-7-12-20)21-13-8-5-9-14-21/h4-9,11-14,24H,10,15-19H2,1-3H3. The molecule has 0 radical (unpaired) electrons. The lowest BCUT2D eigenvalue weighted by Gasteiger charge is -2.33. The molecule has 8 heteroatoms. The van der Waals surface area contributed by atoms with Gasteiger partial charge in [0.25, 0.3) is 0 Å². The van der Waals surface area contributed by atoms with Gasteiger partial charge in [-0.2, -0.15) is 0 Å². The van der Waals surface area contributed by atoms with Gasteiger partial charge >= 0.3 is 23.8 Å². The predicted octanol–water partition coefficient (Wildman–Crippen LogP) is 3.11. The van der Waals surface area contributed by atoms with Crippen molar-refractivity contribution in [2.45, 2.75) is 45.3 Å². The van der Waals surface area contributed by atoms with E-state index >= 15 is 0 Å². The van der Waals surface area contributed by atoms with Crippen molar-refractivity contribution in [3.05, 3.63) is 71.8 Å². The number of amides is 2. The summed E-state index contributed by atoms with van der Waals surface area (Å²) in [5.41, 5.74) is 1.07. The van der Waals surface area contributed by atoms with Gasteiger partial charge in [0, 0.05) is 26.1 Å². The molecule has 2 aromatic rings. The molecular formula is C27H32N2O6. The first-order valence-corrected chi connectivity index (χ1v) is 11.7. The van der Waals surface area contributed by atoms with Crippen LogP contribution in [0, 0.1) is 0 Å². The summed E-state index contributed by atoms with van der Waals surface area (Å²) in [4.78, 5) is 52.2. The molecule has 186 valence electrons. The quantitative estimate of drug-likeness (QED) is 0.404. The summed E-state index contributed by atoms with van der Waals surface area (Å²) in [6, 6.07) is 19.0. The smallest absolute Gasteiger partial charge is 0.326 e. The highest BCUT2D eigenvalue weighted by atomic mass is 16.6. The third-order valence-electron chi connectivity index (χ3n) is 5.40. The van der Waals surface area contributed by atoms with Gasteiger partial charge in [-0.05, 0) is 38.3 Å². The van der Waals surface area contributed by atoms with E-state index in [1.54, 1.807) is 20.8 Å². The molecular weight excluding hydrogens is 448 g/mol. The first kappa shape index (κ1) is 25.9. The number of carbonyl (C=O) groups excluding carboxylic acids is 4. The van der Waals surface area contributed by atoms with Crippen LogP contribution in [0.2, 0.25) is 0 Å². The van der Waals surface area contributed by atoms with Crippen molar-refractivity contribution in [3.63, 3.8) is 0 Å². The molecule has 35 heavy (non-hydrogen) atoms. The minimum Gasteiger partial charge on any atom is -0.459 e. The Labute approximate surface area is 205 Å². The lowest BCUT2D eigenvalue weighted by atomic mass is 10.0. The molecule has 8 nitrogen and oxygen atoms in total. The normalized spacial score (nSPS) is 14.3. The van der Waals surface area contributed by atoms with Gasteiger partial charge in [-0.1, -0.05) is 60.7 Å². The molecule has 0 spiro atoms. The van der Waals surface area contributed by atoms with Crippen LogP contribution < -0.4 is 0 Å². The highest BCUT2D eigenvalue weighted by Crippen LogP contribution is 2.26. The number of hydrogen-bond donors (Lipinski definition) is 0. The van der Waals surface area contributed by atoms with Crippen molar-refractivity contribution in [1.29, 1.82) is 0 Å². The Morgan fingerprint density at radius 2 is 1.34 bits per heavy atom. The Balaban J connectivity index is 1.50. The molecule has 1 heterocycles. The molecule has 0 aliphatic carbocycles. The Morgan fingerprint density at radius 1 is 0.829 bits per heavy atom. The molecule has 2 aromatic carbocycles. The lowest BCUT2D eigenvalue weighted by Crippen LogP contribution is -2.55. The monoisotopic (exact) mass is 480 g/mol. The molecule has 0 bridgehead atoms. The van der Waals surface area contributed by atoms with Gasteiger partial charge in [-0.15, -0.1) is 0 Å². The number of nitrogens with zero attached hydrogens (tertiary/aromatic N) is 2. The molecule has 2 amide bonds. The first-order chi connectivity index (χ1) is 16.6. The molecule has 1 aliphatic rings. The van der Waals surface area contributed by atoms with Crippen LogP contribution in [0.1, 0.15) is 50.8 Å². The molecule has 0 saturated carbocycles. The minimum absolute atomic E-state index is 0.107. The number of benzene rings is 2. The van der Waals surface area contributed by atoms with Gasteiger partial charge in [0.1, 0.15) is 12.1 Å². The Bertz CT molecular complexity index is 993. The van der Waals surface area contributed by atoms with Crippen LogP contribution in [-0.2, 0) is 28.7 Å². The molecule has 0 atom stereocenters. The van der Waals surface area contributed by atoms with Crippen LogP contribution in [0.15, 0.2) is 60.7 Å². The van der Waals surface area contributed by atoms with Crippen molar-refractivity contribution >= 4 is 23.8 Å². The van der Waals surface area contributed by atoms with Crippen LogP contribution >= 0.6 is 0 Å². The third kappa shape index (κ3) is 7.67. The molecule has 1 aliphatic heterocycles. The zero-order valence-corrected chi connectivity index (χ0v) is 20.4. The van der Waals surface area contributed by atoms with Crippen LogP contribution in [0.4, 0.5) is 0 Å². The zero-order chi connectivity index (χ0) is 25.4. The number of carbonyl (C=O) groups is 4. The van der Waals surface area contributed by atoms with Crippen LogP contribution in [0.25, 0.3) is 0 Å². The topological polar surface area (TPSA) is 93.2 Å². The van der Waals surface area contributed by atoms with E-state index < -0.39 is 29.5 Å². The number of ether oxygens (including phenoxy) is 2. The second kappa shape index (κ2) is 11.6. The van der Waals surface area contributed by atoms with Gasteiger partial charge in [-0.3, -0.25) is 19.2 Å².